The van der Waals surface area contributed by atoms with Crippen LogP contribution in [0.25, 0.3) is 0 Å². The number of aromatic nitrogens is 2. The second kappa shape index (κ2) is 9.70. The van der Waals surface area contributed by atoms with E-state index in [1.165, 1.54) is 17.7 Å². The van der Waals surface area contributed by atoms with Crippen molar-refractivity contribution in [2.75, 3.05) is 19.6 Å². The molecule has 6 heteroatoms. The minimum atomic E-state index is -0.199. The molecule has 1 aromatic heterocycles. The first-order valence-corrected chi connectivity index (χ1v) is 8.41. The van der Waals surface area contributed by atoms with E-state index in [4.69, 9.17) is 0 Å². The number of guanidine groups is 1. The van der Waals surface area contributed by atoms with E-state index < -0.39 is 0 Å². The Morgan fingerprint density at radius 2 is 1.96 bits per heavy atom. The number of hydrogen-bond acceptors (Lipinski definition) is 2. The lowest BCUT2D eigenvalue weighted by Gasteiger charge is -2.11. The van der Waals surface area contributed by atoms with Gasteiger partial charge in [0.25, 0.3) is 0 Å². The highest BCUT2D eigenvalue weighted by molar-refractivity contribution is 5.79. The molecule has 0 saturated carbocycles. The highest BCUT2D eigenvalue weighted by Gasteiger charge is 1.99. The SMILES string of the molecule is CCNC(=NCCCc1cnn(C)c1)NCCc1ccc(F)cc1. The van der Waals surface area contributed by atoms with Crippen molar-refractivity contribution in [1.82, 2.24) is 20.4 Å². The number of nitrogens with one attached hydrogen (secondary N) is 2. The number of nitrogens with zero attached hydrogens (tertiary/aromatic N) is 3. The number of aryl methyl sites for hydroxylation is 2. The summed E-state index contributed by atoms with van der Waals surface area (Å²) >= 11 is 0. The molecule has 0 aliphatic heterocycles. The zero-order chi connectivity index (χ0) is 17.2. The standard InChI is InChI=1S/C18H26FN5/c1-3-20-18(21-11-4-5-16-13-23-24(2)14-16)22-12-10-15-6-8-17(19)9-7-15/h6-9,13-14H,3-5,10-12H2,1-2H3,(H2,20,21,22). The molecule has 0 unspecified atom stereocenters. The van der Waals surface area contributed by atoms with Gasteiger partial charge in [-0.15, -0.1) is 0 Å². The van der Waals surface area contributed by atoms with Crippen molar-refractivity contribution in [3.8, 4) is 0 Å². The van der Waals surface area contributed by atoms with E-state index in [-0.39, 0.29) is 5.82 Å². The van der Waals surface area contributed by atoms with Crippen molar-refractivity contribution in [2.45, 2.75) is 26.2 Å². The smallest absolute Gasteiger partial charge is 0.191 e. The average Bonchev–Trinajstić information content (AvgIpc) is 2.99. The maximum absolute atomic E-state index is 12.9. The van der Waals surface area contributed by atoms with Crippen molar-refractivity contribution in [1.29, 1.82) is 0 Å². The molecule has 24 heavy (non-hydrogen) atoms. The summed E-state index contributed by atoms with van der Waals surface area (Å²) in [6, 6.07) is 6.62. The molecule has 0 amide bonds. The summed E-state index contributed by atoms with van der Waals surface area (Å²) in [5, 5.41) is 10.7. The molecule has 0 fully saturated rings. The Hall–Kier alpha value is -2.37. The monoisotopic (exact) mass is 331 g/mol. The predicted octanol–water partition coefficient (Wildman–Crippen LogP) is 2.29. The Morgan fingerprint density at radius 3 is 2.62 bits per heavy atom. The molecule has 1 aromatic carbocycles. The van der Waals surface area contributed by atoms with Gasteiger partial charge in [-0.25, -0.2) is 4.39 Å². The Kier molecular flexibility index (Phi) is 7.26. The first-order chi connectivity index (χ1) is 11.7. The molecule has 1 heterocycles. The van der Waals surface area contributed by atoms with Gasteiger partial charge in [0.05, 0.1) is 6.20 Å². The van der Waals surface area contributed by atoms with E-state index in [0.717, 1.165) is 50.4 Å². The van der Waals surface area contributed by atoms with Crippen LogP contribution in [-0.4, -0.2) is 35.4 Å². The molecule has 0 spiro atoms. The second-order valence-corrected chi connectivity index (χ2v) is 5.69. The molecular weight excluding hydrogens is 305 g/mol. The van der Waals surface area contributed by atoms with Crippen LogP contribution in [0.1, 0.15) is 24.5 Å². The third-order valence-corrected chi connectivity index (χ3v) is 3.62. The van der Waals surface area contributed by atoms with E-state index in [9.17, 15) is 4.39 Å². The Labute approximate surface area is 143 Å². The van der Waals surface area contributed by atoms with Crippen LogP contribution in [0.4, 0.5) is 4.39 Å². The van der Waals surface area contributed by atoms with Gasteiger partial charge >= 0.3 is 0 Å². The van der Waals surface area contributed by atoms with Gasteiger partial charge in [0, 0.05) is 32.9 Å². The summed E-state index contributed by atoms with van der Waals surface area (Å²) in [6.07, 6.45) is 6.73. The van der Waals surface area contributed by atoms with Crippen LogP contribution >= 0.6 is 0 Å². The van der Waals surface area contributed by atoms with E-state index >= 15 is 0 Å². The van der Waals surface area contributed by atoms with Crippen molar-refractivity contribution >= 4 is 5.96 Å². The van der Waals surface area contributed by atoms with Gasteiger partial charge < -0.3 is 10.6 Å². The fourth-order valence-electron chi connectivity index (χ4n) is 2.39. The molecule has 2 N–H and O–H groups in total. The molecule has 2 rings (SSSR count). The Balaban J connectivity index is 1.72. The molecular formula is C18H26FN5. The van der Waals surface area contributed by atoms with Crippen LogP contribution in [0.3, 0.4) is 0 Å². The fraction of sp³-hybridized carbons (Fsp3) is 0.444. The summed E-state index contributed by atoms with van der Waals surface area (Å²) in [5.74, 6) is 0.626. The number of aliphatic imine (C=N–C) groups is 1. The van der Waals surface area contributed by atoms with E-state index in [1.807, 2.05) is 43.2 Å². The first-order valence-electron chi connectivity index (χ1n) is 8.41. The van der Waals surface area contributed by atoms with Gasteiger partial charge in [0.1, 0.15) is 5.82 Å². The van der Waals surface area contributed by atoms with Crippen LogP contribution in [0, 0.1) is 5.82 Å². The van der Waals surface area contributed by atoms with Crippen molar-refractivity contribution in [2.24, 2.45) is 12.0 Å². The lowest BCUT2D eigenvalue weighted by Crippen LogP contribution is -2.38. The van der Waals surface area contributed by atoms with Crippen LogP contribution < -0.4 is 10.6 Å². The molecule has 130 valence electrons. The summed E-state index contributed by atoms with van der Waals surface area (Å²) in [4.78, 5) is 4.59. The first kappa shape index (κ1) is 18.0. The highest BCUT2D eigenvalue weighted by Crippen LogP contribution is 2.03. The highest BCUT2D eigenvalue weighted by atomic mass is 19.1. The molecule has 0 aliphatic rings. The lowest BCUT2D eigenvalue weighted by molar-refractivity contribution is 0.626. The predicted molar refractivity (Wildman–Crippen MR) is 95.6 cm³/mol. The van der Waals surface area contributed by atoms with Crippen LogP contribution in [0.5, 0.6) is 0 Å². The van der Waals surface area contributed by atoms with Gasteiger partial charge in [-0.1, -0.05) is 12.1 Å². The summed E-state index contributed by atoms with van der Waals surface area (Å²) in [5.41, 5.74) is 2.35. The van der Waals surface area contributed by atoms with E-state index in [1.54, 1.807) is 0 Å². The molecule has 0 bridgehead atoms. The normalized spacial score (nSPS) is 11.5. The van der Waals surface area contributed by atoms with Crippen molar-refractivity contribution in [3.05, 3.63) is 53.6 Å². The van der Waals surface area contributed by atoms with E-state index in [2.05, 4.69) is 20.7 Å². The average molecular weight is 331 g/mol. The fourth-order valence-corrected chi connectivity index (χ4v) is 2.39. The van der Waals surface area contributed by atoms with Gasteiger partial charge in [0.2, 0.25) is 0 Å². The van der Waals surface area contributed by atoms with Gasteiger partial charge in [0.15, 0.2) is 5.96 Å². The maximum atomic E-state index is 12.9. The molecule has 2 aromatic rings. The minimum Gasteiger partial charge on any atom is -0.357 e. The van der Waals surface area contributed by atoms with E-state index in [0.29, 0.717) is 0 Å². The largest absolute Gasteiger partial charge is 0.357 e. The van der Waals surface area contributed by atoms with Crippen molar-refractivity contribution in [3.63, 3.8) is 0 Å². The molecule has 0 atom stereocenters. The zero-order valence-electron chi connectivity index (χ0n) is 14.4. The Bertz CT molecular complexity index is 633. The van der Waals surface area contributed by atoms with Gasteiger partial charge in [-0.05, 0) is 49.4 Å². The summed E-state index contributed by atoms with van der Waals surface area (Å²) in [6.45, 7) is 4.40. The number of halogens is 1. The van der Waals surface area contributed by atoms with Crippen molar-refractivity contribution < 1.29 is 4.39 Å². The number of hydrogen-bond donors (Lipinski definition) is 2. The summed E-state index contributed by atoms with van der Waals surface area (Å²) < 4.78 is 14.7. The number of benzene rings is 1. The number of rotatable bonds is 8. The molecule has 0 saturated heterocycles. The Morgan fingerprint density at radius 1 is 1.17 bits per heavy atom. The molecule has 0 aliphatic carbocycles. The van der Waals surface area contributed by atoms with Crippen LogP contribution in [0.15, 0.2) is 41.7 Å². The second-order valence-electron chi connectivity index (χ2n) is 5.69. The third-order valence-electron chi connectivity index (χ3n) is 3.62. The third kappa shape index (κ3) is 6.40. The van der Waals surface area contributed by atoms with Gasteiger partial charge in [-0.3, -0.25) is 9.67 Å². The van der Waals surface area contributed by atoms with Crippen LogP contribution in [0.2, 0.25) is 0 Å². The maximum Gasteiger partial charge on any atom is 0.191 e. The quantitative estimate of drug-likeness (QED) is 0.443. The van der Waals surface area contributed by atoms with Gasteiger partial charge in [-0.2, -0.15) is 5.10 Å². The van der Waals surface area contributed by atoms with Crippen LogP contribution in [-0.2, 0) is 19.9 Å². The topological polar surface area (TPSA) is 54.2 Å². The molecule has 5 nitrogen and oxygen atoms in total. The summed E-state index contributed by atoms with van der Waals surface area (Å²) in [7, 11) is 1.93. The zero-order valence-corrected chi connectivity index (χ0v) is 14.4. The lowest BCUT2D eigenvalue weighted by atomic mass is 10.1. The minimum absolute atomic E-state index is 0.199. The molecule has 0 radical (unpaired) electrons.